The largest absolute Gasteiger partial charge is 0.439 e. The molecular weight excluding hydrogens is 390 g/mol. The fraction of sp³-hybridized carbons (Fsp3) is 0.333. The summed E-state index contributed by atoms with van der Waals surface area (Å²) in [6.07, 6.45) is 5.87. The molecule has 0 saturated carbocycles. The van der Waals surface area contributed by atoms with Gasteiger partial charge in [-0.05, 0) is 81.0 Å². The van der Waals surface area contributed by atoms with Gasteiger partial charge in [-0.25, -0.2) is 0 Å². The summed E-state index contributed by atoms with van der Waals surface area (Å²) >= 11 is 0. The maximum absolute atomic E-state index is 6.55. The molecule has 0 bridgehead atoms. The lowest BCUT2D eigenvalue weighted by atomic mass is 9.93. The minimum Gasteiger partial charge on any atom is -0.439 e. The van der Waals surface area contributed by atoms with Gasteiger partial charge in [-0.1, -0.05) is 61.2 Å². The van der Waals surface area contributed by atoms with Crippen molar-refractivity contribution in [1.82, 2.24) is 0 Å². The highest BCUT2D eigenvalue weighted by Crippen LogP contribution is 2.49. The third-order valence-corrected chi connectivity index (χ3v) is 6.81. The smallest absolute Gasteiger partial charge is 0.209 e. The molecule has 0 aliphatic carbocycles. The Labute approximate surface area is 191 Å². The van der Waals surface area contributed by atoms with Gasteiger partial charge in [0.25, 0.3) is 0 Å². The summed E-state index contributed by atoms with van der Waals surface area (Å²) in [4.78, 5) is 2.38. The van der Waals surface area contributed by atoms with Crippen LogP contribution in [0, 0.1) is 27.7 Å². The van der Waals surface area contributed by atoms with E-state index in [-0.39, 0.29) is 0 Å². The highest BCUT2D eigenvalue weighted by Gasteiger charge is 2.31. The molecule has 0 saturated heterocycles. The first kappa shape index (κ1) is 20.9. The number of furan rings is 1. The lowest BCUT2D eigenvalue weighted by molar-refractivity contribution is 0.613. The Morgan fingerprint density at radius 1 is 0.844 bits per heavy atom. The summed E-state index contributed by atoms with van der Waals surface area (Å²) in [5, 5.41) is 1.24. The first-order chi connectivity index (χ1) is 15.5. The molecule has 164 valence electrons. The zero-order chi connectivity index (χ0) is 22.4. The van der Waals surface area contributed by atoms with Crippen LogP contribution in [0.2, 0.25) is 0 Å². The Hall–Kier alpha value is -3.00. The monoisotopic (exact) mass is 423 g/mol. The van der Waals surface area contributed by atoms with Crippen LogP contribution < -0.4 is 4.90 Å². The van der Waals surface area contributed by atoms with Crippen LogP contribution in [0.4, 0.5) is 17.3 Å². The molecule has 5 rings (SSSR count). The fourth-order valence-corrected chi connectivity index (χ4v) is 5.32. The number of hydrogen-bond acceptors (Lipinski definition) is 2. The molecule has 0 N–H and O–H groups in total. The standard InChI is InChI=1S/C30H33NO/c1-6-7-8-9-23-16-21(4)29(22(5)17-23)31-27-12-10-19(2)14-24(27)18-26-25-15-20(3)11-13-28(25)32-30(26)31/h10-17H,6-9,18H2,1-5H3. The van der Waals surface area contributed by atoms with Crippen LogP contribution in [0.5, 0.6) is 0 Å². The average molecular weight is 424 g/mol. The van der Waals surface area contributed by atoms with Crippen LogP contribution >= 0.6 is 0 Å². The van der Waals surface area contributed by atoms with E-state index < -0.39 is 0 Å². The minimum absolute atomic E-state index is 0.909. The quantitative estimate of drug-likeness (QED) is 0.263. The third kappa shape index (κ3) is 3.52. The number of anilines is 3. The number of hydrogen-bond donors (Lipinski definition) is 0. The summed E-state index contributed by atoms with van der Waals surface area (Å²) in [7, 11) is 0. The molecule has 0 amide bonds. The minimum atomic E-state index is 0.909. The lowest BCUT2D eigenvalue weighted by Crippen LogP contribution is -2.19. The van der Waals surface area contributed by atoms with Gasteiger partial charge >= 0.3 is 0 Å². The van der Waals surface area contributed by atoms with Crippen molar-refractivity contribution >= 4 is 28.2 Å². The molecule has 1 aromatic heterocycles. The van der Waals surface area contributed by atoms with Crippen molar-refractivity contribution in [3.63, 3.8) is 0 Å². The van der Waals surface area contributed by atoms with Gasteiger partial charge in [-0.2, -0.15) is 0 Å². The van der Waals surface area contributed by atoms with Crippen molar-refractivity contribution in [2.24, 2.45) is 0 Å². The molecule has 1 aliphatic rings. The van der Waals surface area contributed by atoms with E-state index in [1.807, 2.05) is 0 Å². The molecule has 2 heteroatoms. The average Bonchev–Trinajstić information content (AvgIpc) is 3.10. The van der Waals surface area contributed by atoms with Crippen molar-refractivity contribution in [3.8, 4) is 0 Å². The van der Waals surface area contributed by atoms with Crippen LogP contribution in [0.25, 0.3) is 11.0 Å². The molecule has 0 unspecified atom stereocenters. The molecule has 2 heterocycles. The van der Waals surface area contributed by atoms with Crippen molar-refractivity contribution in [3.05, 3.63) is 87.5 Å². The highest BCUT2D eigenvalue weighted by atomic mass is 16.4. The fourth-order valence-electron chi connectivity index (χ4n) is 5.32. The molecule has 0 radical (unpaired) electrons. The van der Waals surface area contributed by atoms with Crippen molar-refractivity contribution in [1.29, 1.82) is 0 Å². The van der Waals surface area contributed by atoms with E-state index in [9.17, 15) is 0 Å². The van der Waals surface area contributed by atoms with Gasteiger partial charge in [0, 0.05) is 17.4 Å². The van der Waals surface area contributed by atoms with E-state index in [1.54, 1.807) is 0 Å². The number of unbranched alkanes of at least 4 members (excludes halogenated alkanes) is 2. The molecule has 1 aliphatic heterocycles. The van der Waals surface area contributed by atoms with Gasteiger partial charge in [0.05, 0.1) is 11.4 Å². The van der Waals surface area contributed by atoms with Crippen molar-refractivity contribution in [2.45, 2.75) is 66.7 Å². The maximum atomic E-state index is 6.55. The van der Waals surface area contributed by atoms with E-state index in [2.05, 4.69) is 88.0 Å². The van der Waals surface area contributed by atoms with Gasteiger partial charge in [-0.15, -0.1) is 0 Å². The summed E-state index contributed by atoms with van der Waals surface area (Å²) in [6, 6.07) is 18.1. The van der Waals surface area contributed by atoms with E-state index in [0.717, 1.165) is 24.3 Å². The maximum Gasteiger partial charge on any atom is 0.209 e. The van der Waals surface area contributed by atoms with Crippen LogP contribution in [0.1, 0.15) is 65.1 Å². The first-order valence-electron chi connectivity index (χ1n) is 12.0. The second-order valence-corrected chi connectivity index (χ2v) is 9.57. The Bertz CT molecular complexity index is 1290. The van der Waals surface area contributed by atoms with Gasteiger partial charge in [-0.3, -0.25) is 4.90 Å². The topological polar surface area (TPSA) is 16.4 Å². The van der Waals surface area contributed by atoms with Crippen molar-refractivity contribution < 1.29 is 4.42 Å². The Balaban J connectivity index is 1.70. The third-order valence-electron chi connectivity index (χ3n) is 6.81. The summed E-state index contributed by atoms with van der Waals surface area (Å²) in [6.45, 7) is 11.1. The molecule has 32 heavy (non-hydrogen) atoms. The Morgan fingerprint density at radius 3 is 2.31 bits per heavy atom. The summed E-state index contributed by atoms with van der Waals surface area (Å²) in [5.41, 5.74) is 12.8. The van der Waals surface area contributed by atoms with E-state index in [1.165, 1.54) is 75.0 Å². The van der Waals surface area contributed by atoms with Gasteiger partial charge in [0.15, 0.2) is 0 Å². The molecule has 3 aromatic carbocycles. The predicted molar refractivity (Wildman–Crippen MR) is 136 cm³/mol. The number of benzene rings is 3. The second-order valence-electron chi connectivity index (χ2n) is 9.57. The lowest BCUT2D eigenvalue weighted by Gasteiger charge is -2.32. The van der Waals surface area contributed by atoms with E-state index >= 15 is 0 Å². The zero-order valence-electron chi connectivity index (χ0n) is 20.0. The highest BCUT2D eigenvalue weighted by molar-refractivity contribution is 5.94. The SMILES string of the molecule is CCCCCc1cc(C)c(N2c3ccc(C)cc3Cc3c2oc2ccc(C)cc32)c(C)c1. The van der Waals surface area contributed by atoms with Gasteiger partial charge in [0.1, 0.15) is 5.58 Å². The molecule has 0 atom stereocenters. The van der Waals surface area contributed by atoms with Crippen LogP contribution in [-0.2, 0) is 12.8 Å². The van der Waals surface area contributed by atoms with Crippen molar-refractivity contribution in [2.75, 3.05) is 4.90 Å². The zero-order valence-corrected chi connectivity index (χ0v) is 20.0. The number of fused-ring (bicyclic) bond motifs is 4. The summed E-state index contributed by atoms with van der Waals surface area (Å²) in [5.74, 6) is 0.979. The van der Waals surface area contributed by atoms with Crippen LogP contribution in [0.3, 0.4) is 0 Å². The van der Waals surface area contributed by atoms with Gasteiger partial charge in [0.2, 0.25) is 5.88 Å². The Kier molecular flexibility index (Phi) is 5.33. The summed E-state index contributed by atoms with van der Waals surface area (Å²) < 4.78 is 6.55. The normalized spacial score (nSPS) is 12.8. The first-order valence-corrected chi connectivity index (χ1v) is 12.0. The molecule has 0 fully saturated rings. The van der Waals surface area contributed by atoms with Crippen LogP contribution in [0.15, 0.2) is 52.9 Å². The van der Waals surface area contributed by atoms with E-state index in [0.29, 0.717) is 0 Å². The Morgan fingerprint density at radius 2 is 1.56 bits per heavy atom. The molecular formula is C30H33NO. The second kappa shape index (κ2) is 8.16. The van der Waals surface area contributed by atoms with Crippen LogP contribution in [-0.4, -0.2) is 0 Å². The number of nitrogens with zero attached hydrogens (tertiary/aromatic N) is 1. The van der Waals surface area contributed by atoms with Gasteiger partial charge < -0.3 is 4.42 Å². The van der Waals surface area contributed by atoms with E-state index in [4.69, 9.17) is 4.42 Å². The molecule has 0 spiro atoms. The number of rotatable bonds is 5. The molecule has 2 nitrogen and oxygen atoms in total. The predicted octanol–water partition coefficient (Wildman–Crippen LogP) is 8.77. The molecule has 4 aromatic rings. The number of aryl methyl sites for hydroxylation is 5.